The minimum absolute atomic E-state index is 0.150. The lowest BCUT2D eigenvalue weighted by Gasteiger charge is -2.47. The first-order valence-corrected chi connectivity index (χ1v) is 12.1. The first-order chi connectivity index (χ1) is 18.8. The lowest BCUT2D eigenvalue weighted by molar-refractivity contribution is -0.143. The normalized spacial score (nSPS) is 17.2. The number of carboxylic acid groups (broad SMARTS) is 1. The maximum atomic E-state index is 13.5. The molecule has 4 rings (SSSR count). The van der Waals surface area contributed by atoms with Crippen molar-refractivity contribution >= 4 is 23.5 Å². The molecule has 3 aromatic rings. The molecule has 0 saturated carbocycles. The van der Waals surface area contributed by atoms with Gasteiger partial charge in [0, 0.05) is 5.69 Å². The molecule has 0 bridgehead atoms. The zero-order chi connectivity index (χ0) is 27.9. The zero-order valence-corrected chi connectivity index (χ0v) is 20.6. The number of hydrogen-bond acceptors (Lipinski definition) is 6. The standard InChI is InChI=1S/C28H26F2N2O7/c29-18-3-7-20(8-4-18)32-26(23(27(32)35)13-14-38-21-11-5-19(30)6-12-21)17-1-9-22(10-2-17)39-16-25(34)31-24(15-33)28(36)37/h1-12,23-24,26,33H,13-16H2,(H,31,34)(H,36,37)/t23?,24-,26?/m1/s1. The molecule has 0 aliphatic carbocycles. The summed E-state index contributed by atoms with van der Waals surface area (Å²) in [5, 5.41) is 20.1. The summed E-state index contributed by atoms with van der Waals surface area (Å²) in [5.41, 5.74) is 1.31. The van der Waals surface area contributed by atoms with Crippen LogP contribution in [-0.2, 0) is 14.4 Å². The Morgan fingerprint density at radius 2 is 1.46 bits per heavy atom. The fourth-order valence-corrected chi connectivity index (χ4v) is 4.27. The van der Waals surface area contributed by atoms with E-state index in [9.17, 15) is 23.2 Å². The molecule has 204 valence electrons. The van der Waals surface area contributed by atoms with Crippen LogP contribution in [-0.4, -0.2) is 53.9 Å². The fraction of sp³-hybridized carbons (Fsp3) is 0.250. The van der Waals surface area contributed by atoms with Crippen molar-refractivity contribution < 1.29 is 42.9 Å². The maximum Gasteiger partial charge on any atom is 0.328 e. The van der Waals surface area contributed by atoms with Gasteiger partial charge in [0.1, 0.15) is 29.2 Å². The Kier molecular flexibility index (Phi) is 8.72. The van der Waals surface area contributed by atoms with Gasteiger partial charge in [-0.3, -0.25) is 9.59 Å². The van der Waals surface area contributed by atoms with E-state index in [0.29, 0.717) is 23.6 Å². The minimum Gasteiger partial charge on any atom is -0.494 e. The van der Waals surface area contributed by atoms with Crippen LogP contribution >= 0.6 is 0 Å². The molecule has 1 saturated heterocycles. The molecular weight excluding hydrogens is 514 g/mol. The predicted octanol–water partition coefficient (Wildman–Crippen LogP) is 3.08. The number of nitrogens with one attached hydrogen (secondary N) is 1. The Balaban J connectivity index is 1.44. The van der Waals surface area contributed by atoms with E-state index >= 15 is 0 Å². The molecular formula is C28H26F2N2O7. The van der Waals surface area contributed by atoms with Crippen molar-refractivity contribution in [1.29, 1.82) is 0 Å². The van der Waals surface area contributed by atoms with Crippen molar-refractivity contribution in [3.8, 4) is 11.5 Å². The van der Waals surface area contributed by atoms with Crippen LogP contribution in [0.4, 0.5) is 14.5 Å². The van der Waals surface area contributed by atoms with Crippen molar-refractivity contribution in [2.45, 2.75) is 18.5 Å². The predicted molar refractivity (Wildman–Crippen MR) is 135 cm³/mol. The van der Waals surface area contributed by atoms with Crippen molar-refractivity contribution in [3.05, 3.63) is 90.0 Å². The van der Waals surface area contributed by atoms with Crippen LogP contribution < -0.4 is 19.7 Å². The van der Waals surface area contributed by atoms with Crippen LogP contribution in [0.5, 0.6) is 11.5 Å². The number of amides is 2. The molecule has 3 atom stereocenters. The number of aliphatic carboxylic acids is 1. The van der Waals surface area contributed by atoms with Gasteiger partial charge in [-0.15, -0.1) is 0 Å². The molecule has 0 spiro atoms. The smallest absolute Gasteiger partial charge is 0.328 e. The van der Waals surface area contributed by atoms with Gasteiger partial charge in [-0.05, 0) is 72.6 Å². The van der Waals surface area contributed by atoms with E-state index in [4.69, 9.17) is 19.7 Å². The van der Waals surface area contributed by atoms with Crippen molar-refractivity contribution in [2.24, 2.45) is 5.92 Å². The lowest BCUT2D eigenvalue weighted by Crippen LogP contribution is -2.55. The van der Waals surface area contributed by atoms with Crippen LogP contribution in [0.15, 0.2) is 72.8 Å². The monoisotopic (exact) mass is 540 g/mol. The second-order valence-electron chi connectivity index (χ2n) is 8.83. The fourth-order valence-electron chi connectivity index (χ4n) is 4.27. The van der Waals surface area contributed by atoms with Crippen molar-refractivity contribution in [1.82, 2.24) is 5.32 Å². The van der Waals surface area contributed by atoms with Crippen LogP contribution in [0.1, 0.15) is 18.0 Å². The number of β-lactam (4-membered cyclic amide) rings is 1. The maximum absolute atomic E-state index is 13.5. The number of ether oxygens (including phenoxy) is 2. The molecule has 1 aliphatic heterocycles. The van der Waals surface area contributed by atoms with Gasteiger partial charge < -0.3 is 29.9 Å². The van der Waals surface area contributed by atoms with E-state index in [1.807, 2.05) is 0 Å². The van der Waals surface area contributed by atoms with E-state index in [0.717, 1.165) is 5.56 Å². The van der Waals surface area contributed by atoms with Gasteiger partial charge in [-0.2, -0.15) is 0 Å². The second-order valence-corrected chi connectivity index (χ2v) is 8.83. The molecule has 39 heavy (non-hydrogen) atoms. The van der Waals surface area contributed by atoms with Crippen LogP contribution in [0.3, 0.4) is 0 Å². The molecule has 0 radical (unpaired) electrons. The molecule has 1 aliphatic rings. The zero-order valence-electron chi connectivity index (χ0n) is 20.6. The van der Waals surface area contributed by atoms with Crippen LogP contribution in [0.2, 0.25) is 0 Å². The number of nitrogens with zero attached hydrogens (tertiary/aromatic N) is 1. The highest BCUT2D eigenvalue weighted by Gasteiger charge is 2.48. The second kappa shape index (κ2) is 12.4. The Morgan fingerprint density at radius 3 is 2.05 bits per heavy atom. The average Bonchev–Trinajstić information content (AvgIpc) is 2.93. The third kappa shape index (κ3) is 6.68. The van der Waals surface area contributed by atoms with Gasteiger partial charge >= 0.3 is 5.97 Å². The minimum atomic E-state index is -1.43. The summed E-state index contributed by atoms with van der Waals surface area (Å²) in [6, 6.07) is 16.1. The Labute approximate surface area is 222 Å². The van der Waals surface area contributed by atoms with Crippen molar-refractivity contribution in [3.63, 3.8) is 0 Å². The highest BCUT2D eigenvalue weighted by molar-refractivity contribution is 6.03. The third-order valence-corrected chi connectivity index (χ3v) is 6.24. The Bertz CT molecular complexity index is 1300. The van der Waals surface area contributed by atoms with E-state index in [2.05, 4.69) is 5.32 Å². The summed E-state index contributed by atoms with van der Waals surface area (Å²) in [7, 11) is 0. The van der Waals surface area contributed by atoms with E-state index < -0.39 is 42.9 Å². The highest BCUT2D eigenvalue weighted by atomic mass is 19.1. The number of hydrogen-bond donors (Lipinski definition) is 3. The topological polar surface area (TPSA) is 125 Å². The van der Waals surface area contributed by atoms with E-state index in [1.54, 1.807) is 29.2 Å². The molecule has 2 amide bonds. The number of benzene rings is 3. The number of carbonyl (C=O) groups excluding carboxylic acids is 2. The molecule has 9 nitrogen and oxygen atoms in total. The number of carbonyl (C=O) groups is 3. The first kappa shape index (κ1) is 27.5. The number of halogens is 2. The quantitative estimate of drug-likeness (QED) is 0.302. The molecule has 0 aromatic heterocycles. The number of aliphatic hydroxyl groups excluding tert-OH is 1. The molecule has 1 heterocycles. The van der Waals surface area contributed by atoms with Crippen molar-refractivity contribution in [2.75, 3.05) is 24.7 Å². The molecule has 3 aromatic carbocycles. The number of aliphatic hydroxyl groups is 1. The largest absolute Gasteiger partial charge is 0.494 e. The van der Waals surface area contributed by atoms with Gasteiger partial charge in [-0.1, -0.05) is 12.1 Å². The summed E-state index contributed by atoms with van der Waals surface area (Å²) >= 11 is 0. The van der Waals surface area contributed by atoms with Gasteiger partial charge in [0.25, 0.3) is 5.91 Å². The van der Waals surface area contributed by atoms with Gasteiger partial charge in [0.15, 0.2) is 6.61 Å². The van der Waals surface area contributed by atoms with Gasteiger partial charge in [0.05, 0.1) is 25.2 Å². The first-order valence-electron chi connectivity index (χ1n) is 12.1. The Morgan fingerprint density at radius 1 is 0.897 bits per heavy atom. The molecule has 1 fully saturated rings. The lowest BCUT2D eigenvalue weighted by atomic mass is 9.80. The highest BCUT2D eigenvalue weighted by Crippen LogP contribution is 2.45. The van der Waals surface area contributed by atoms with Gasteiger partial charge in [-0.25, -0.2) is 13.6 Å². The Hall–Kier alpha value is -4.51. The number of carboxylic acids is 1. The third-order valence-electron chi connectivity index (χ3n) is 6.24. The summed E-state index contributed by atoms with van der Waals surface area (Å²) in [5.74, 6) is -2.65. The molecule has 3 N–H and O–H groups in total. The van der Waals surface area contributed by atoms with Crippen LogP contribution in [0, 0.1) is 17.6 Å². The number of rotatable bonds is 12. The average molecular weight is 541 g/mol. The number of anilines is 1. The summed E-state index contributed by atoms with van der Waals surface area (Å²) < 4.78 is 37.7. The SMILES string of the molecule is O=C(COc1ccc(C2C(CCOc3ccc(F)cc3)C(=O)N2c2ccc(F)cc2)cc1)N[C@H](CO)C(=O)O. The summed E-state index contributed by atoms with van der Waals surface area (Å²) in [4.78, 5) is 37.6. The molecule has 2 unspecified atom stereocenters. The van der Waals surface area contributed by atoms with Gasteiger partial charge in [0.2, 0.25) is 5.91 Å². The van der Waals surface area contributed by atoms with E-state index in [1.165, 1.54) is 48.5 Å². The summed E-state index contributed by atoms with van der Waals surface area (Å²) in [6.07, 6.45) is 0.382. The van der Waals surface area contributed by atoms with Crippen LogP contribution in [0.25, 0.3) is 0 Å². The summed E-state index contributed by atoms with van der Waals surface area (Å²) in [6.45, 7) is -0.996. The molecule has 11 heteroatoms. The van der Waals surface area contributed by atoms with E-state index in [-0.39, 0.29) is 24.4 Å².